The Morgan fingerprint density at radius 2 is 2.19 bits per heavy atom. The lowest BCUT2D eigenvalue weighted by Crippen LogP contribution is -2.47. The van der Waals surface area contributed by atoms with Crippen molar-refractivity contribution in [1.82, 2.24) is 19.9 Å². The fraction of sp³-hybridized carbons (Fsp3) is 0.368. The van der Waals surface area contributed by atoms with Crippen LogP contribution in [0.15, 0.2) is 35.4 Å². The SMILES string of the molecule is CCC1C=CC2(CC1)NC(=O)c1c(C)cc(Nc3cc(N)ncn3)c(=O)n12. The molecule has 8 nitrogen and oxygen atoms in total. The number of aryl methyl sites for hydroxylation is 1. The Morgan fingerprint density at radius 3 is 2.85 bits per heavy atom. The lowest BCUT2D eigenvalue weighted by atomic mass is 9.87. The predicted octanol–water partition coefficient (Wildman–Crippen LogP) is 2.04. The van der Waals surface area contributed by atoms with E-state index in [1.54, 1.807) is 16.7 Å². The molecule has 2 atom stereocenters. The van der Waals surface area contributed by atoms with E-state index in [1.807, 2.05) is 13.0 Å². The van der Waals surface area contributed by atoms with E-state index in [4.69, 9.17) is 5.73 Å². The number of anilines is 3. The van der Waals surface area contributed by atoms with Crippen LogP contribution in [0.1, 0.15) is 42.2 Å². The first-order valence-corrected chi connectivity index (χ1v) is 9.07. The maximum Gasteiger partial charge on any atom is 0.277 e. The van der Waals surface area contributed by atoms with Gasteiger partial charge in [-0.05, 0) is 49.8 Å². The van der Waals surface area contributed by atoms with E-state index in [0.29, 0.717) is 35.4 Å². The Balaban J connectivity index is 1.83. The van der Waals surface area contributed by atoms with Crippen LogP contribution >= 0.6 is 0 Å². The summed E-state index contributed by atoms with van der Waals surface area (Å²) in [4.78, 5) is 33.8. The molecule has 2 aliphatic rings. The van der Waals surface area contributed by atoms with E-state index >= 15 is 0 Å². The second-order valence-electron chi connectivity index (χ2n) is 7.13. The van der Waals surface area contributed by atoms with Crippen LogP contribution in [0.25, 0.3) is 0 Å². The molecule has 140 valence electrons. The third-order valence-electron chi connectivity index (χ3n) is 5.35. The van der Waals surface area contributed by atoms with Gasteiger partial charge in [0.1, 0.15) is 35.0 Å². The van der Waals surface area contributed by atoms with Crippen LogP contribution in [-0.2, 0) is 5.66 Å². The third kappa shape index (κ3) is 2.77. The molecular formula is C19H22N6O2. The van der Waals surface area contributed by atoms with Gasteiger partial charge in [-0.2, -0.15) is 0 Å². The summed E-state index contributed by atoms with van der Waals surface area (Å²) in [5.41, 5.74) is 6.09. The number of fused-ring (bicyclic) bond motifs is 2. The Kier molecular flexibility index (Phi) is 3.98. The molecule has 0 radical (unpaired) electrons. The largest absolute Gasteiger partial charge is 0.384 e. The van der Waals surface area contributed by atoms with Gasteiger partial charge in [-0.25, -0.2) is 9.97 Å². The number of nitrogens with two attached hydrogens (primary N) is 1. The van der Waals surface area contributed by atoms with Gasteiger partial charge < -0.3 is 16.4 Å². The van der Waals surface area contributed by atoms with Crippen molar-refractivity contribution in [3.8, 4) is 0 Å². The lowest BCUT2D eigenvalue weighted by molar-refractivity contribution is 0.0929. The second-order valence-corrected chi connectivity index (χ2v) is 7.13. The number of allylic oxidation sites excluding steroid dienone is 1. The monoisotopic (exact) mass is 366 g/mol. The van der Waals surface area contributed by atoms with Gasteiger partial charge in [0, 0.05) is 6.07 Å². The molecule has 4 rings (SSSR count). The Morgan fingerprint density at radius 1 is 1.37 bits per heavy atom. The third-order valence-corrected chi connectivity index (χ3v) is 5.35. The van der Waals surface area contributed by atoms with E-state index < -0.39 is 5.66 Å². The first kappa shape index (κ1) is 17.3. The van der Waals surface area contributed by atoms with Gasteiger partial charge in [0.15, 0.2) is 0 Å². The second kappa shape index (κ2) is 6.22. The van der Waals surface area contributed by atoms with Crippen molar-refractivity contribution in [1.29, 1.82) is 0 Å². The number of nitrogen functional groups attached to an aromatic ring is 1. The van der Waals surface area contributed by atoms with Crippen molar-refractivity contribution in [2.24, 2.45) is 5.92 Å². The molecule has 27 heavy (non-hydrogen) atoms. The number of hydrogen-bond acceptors (Lipinski definition) is 6. The maximum absolute atomic E-state index is 13.3. The molecule has 0 bridgehead atoms. The number of nitrogens with one attached hydrogen (secondary N) is 2. The summed E-state index contributed by atoms with van der Waals surface area (Å²) in [6.45, 7) is 3.96. The molecule has 2 unspecified atom stereocenters. The molecule has 1 aliphatic heterocycles. The highest BCUT2D eigenvalue weighted by Gasteiger charge is 2.44. The first-order chi connectivity index (χ1) is 12.9. The Labute approximate surface area is 156 Å². The van der Waals surface area contributed by atoms with E-state index in [-0.39, 0.29) is 11.5 Å². The van der Waals surface area contributed by atoms with Crippen molar-refractivity contribution >= 4 is 23.2 Å². The number of pyridine rings is 1. The zero-order chi connectivity index (χ0) is 19.2. The van der Waals surface area contributed by atoms with Crippen molar-refractivity contribution in [2.45, 2.75) is 38.8 Å². The van der Waals surface area contributed by atoms with Gasteiger partial charge in [-0.3, -0.25) is 14.2 Å². The van der Waals surface area contributed by atoms with E-state index in [1.165, 1.54) is 6.33 Å². The van der Waals surface area contributed by atoms with Crippen LogP contribution in [-0.4, -0.2) is 20.4 Å². The quantitative estimate of drug-likeness (QED) is 0.716. The number of nitrogens with zero attached hydrogens (tertiary/aromatic N) is 3. The average Bonchev–Trinajstić information content (AvgIpc) is 2.93. The van der Waals surface area contributed by atoms with Gasteiger partial charge in [0.2, 0.25) is 0 Å². The van der Waals surface area contributed by atoms with Crippen molar-refractivity contribution < 1.29 is 4.79 Å². The molecular weight excluding hydrogens is 344 g/mol. The van der Waals surface area contributed by atoms with Gasteiger partial charge in [-0.15, -0.1) is 0 Å². The Bertz CT molecular complexity index is 1010. The summed E-state index contributed by atoms with van der Waals surface area (Å²) >= 11 is 0. The number of hydrogen-bond donors (Lipinski definition) is 3. The maximum atomic E-state index is 13.3. The van der Waals surface area contributed by atoms with Crippen molar-refractivity contribution in [3.05, 3.63) is 52.2 Å². The lowest BCUT2D eigenvalue weighted by Gasteiger charge is -2.33. The van der Waals surface area contributed by atoms with Crippen LogP contribution in [0.5, 0.6) is 0 Å². The summed E-state index contributed by atoms with van der Waals surface area (Å²) < 4.78 is 1.58. The van der Waals surface area contributed by atoms with Crippen LogP contribution in [0, 0.1) is 12.8 Å². The first-order valence-electron chi connectivity index (χ1n) is 9.07. The molecule has 0 aromatic carbocycles. The zero-order valence-electron chi connectivity index (χ0n) is 15.3. The van der Waals surface area contributed by atoms with E-state index in [9.17, 15) is 9.59 Å². The standard InChI is InChI=1S/C19H22N6O2/c1-3-12-4-6-19(7-5-12)24-17(26)16-11(2)8-13(18(27)25(16)19)23-15-9-14(20)21-10-22-15/h4,6,8-10,12H,3,5,7H2,1-2H3,(H,24,26)(H3,20,21,22,23). The van der Waals surface area contributed by atoms with Crippen LogP contribution < -0.4 is 21.9 Å². The van der Waals surface area contributed by atoms with Crippen LogP contribution in [0.3, 0.4) is 0 Å². The number of rotatable bonds is 3. The fourth-order valence-corrected chi connectivity index (χ4v) is 3.90. The zero-order valence-corrected chi connectivity index (χ0v) is 15.3. The average molecular weight is 366 g/mol. The van der Waals surface area contributed by atoms with E-state index in [2.05, 4.69) is 33.6 Å². The minimum absolute atomic E-state index is 0.220. The van der Waals surface area contributed by atoms with Gasteiger partial charge >= 0.3 is 0 Å². The van der Waals surface area contributed by atoms with Crippen molar-refractivity contribution in [2.75, 3.05) is 11.1 Å². The van der Waals surface area contributed by atoms with Crippen molar-refractivity contribution in [3.63, 3.8) is 0 Å². The minimum atomic E-state index is -0.803. The molecule has 0 saturated carbocycles. The predicted molar refractivity (Wildman–Crippen MR) is 103 cm³/mol. The molecule has 4 N–H and O–H groups in total. The summed E-state index contributed by atoms with van der Waals surface area (Å²) in [7, 11) is 0. The molecule has 1 spiro atoms. The van der Waals surface area contributed by atoms with Gasteiger partial charge in [-0.1, -0.05) is 13.0 Å². The summed E-state index contributed by atoms with van der Waals surface area (Å²) in [5, 5.41) is 6.04. The minimum Gasteiger partial charge on any atom is -0.384 e. The van der Waals surface area contributed by atoms with Crippen LogP contribution in [0.4, 0.5) is 17.3 Å². The van der Waals surface area contributed by atoms with Gasteiger partial charge in [0.05, 0.1) is 0 Å². The molecule has 8 heteroatoms. The summed E-state index contributed by atoms with van der Waals surface area (Å²) in [5.74, 6) is 0.983. The molecule has 0 saturated heterocycles. The number of carbonyl (C=O) groups is 1. The summed E-state index contributed by atoms with van der Waals surface area (Å²) in [6, 6.07) is 3.23. The highest BCUT2D eigenvalue weighted by atomic mass is 16.2. The Hall–Kier alpha value is -3.16. The fourth-order valence-electron chi connectivity index (χ4n) is 3.90. The summed E-state index contributed by atoms with van der Waals surface area (Å²) in [6.07, 6.45) is 8.04. The molecule has 2 aromatic rings. The topological polar surface area (TPSA) is 115 Å². The number of amides is 1. The number of carbonyl (C=O) groups excluding carboxylic acids is 1. The van der Waals surface area contributed by atoms with Crippen LogP contribution in [0.2, 0.25) is 0 Å². The smallest absolute Gasteiger partial charge is 0.277 e. The highest BCUT2D eigenvalue weighted by molar-refractivity contribution is 5.97. The molecule has 3 heterocycles. The van der Waals surface area contributed by atoms with E-state index in [0.717, 1.165) is 18.4 Å². The highest BCUT2D eigenvalue weighted by Crippen LogP contribution is 2.36. The normalized spacial score (nSPS) is 23.3. The molecule has 0 fully saturated rings. The molecule has 1 amide bonds. The molecule has 2 aromatic heterocycles. The molecule has 1 aliphatic carbocycles. The number of aromatic nitrogens is 3. The van der Waals surface area contributed by atoms with Gasteiger partial charge in [0.25, 0.3) is 11.5 Å².